The number of hydrogen-bond donors (Lipinski definition) is 1. The number of ketones is 1. The van der Waals surface area contributed by atoms with E-state index in [0.717, 1.165) is 11.3 Å². The van der Waals surface area contributed by atoms with E-state index < -0.39 is 11.9 Å². The van der Waals surface area contributed by atoms with Crippen LogP contribution in [-0.4, -0.2) is 25.7 Å². The van der Waals surface area contributed by atoms with E-state index >= 15 is 0 Å². The predicted molar refractivity (Wildman–Crippen MR) is 119 cm³/mol. The first-order valence-electron chi connectivity index (χ1n) is 10.4. The van der Waals surface area contributed by atoms with E-state index in [0.29, 0.717) is 51.8 Å². The molecule has 7 heteroatoms. The van der Waals surface area contributed by atoms with Gasteiger partial charge >= 0.3 is 5.97 Å². The summed E-state index contributed by atoms with van der Waals surface area (Å²) in [6, 6.07) is 13.4. The van der Waals surface area contributed by atoms with Gasteiger partial charge in [0.2, 0.25) is 6.79 Å². The van der Waals surface area contributed by atoms with E-state index in [2.05, 4.69) is 5.32 Å². The molecule has 0 saturated carbocycles. The molecule has 5 rings (SSSR count). The normalized spacial score (nSPS) is 21.9. The Balaban J connectivity index is 1.65. The van der Waals surface area contributed by atoms with Gasteiger partial charge < -0.3 is 19.5 Å². The average Bonchev–Trinajstić information content (AvgIpc) is 3.24. The molecule has 1 N–H and O–H groups in total. The fraction of sp³-hybridized carbons (Fsp3) is 0.280. The molecule has 2 heterocycles. The molecule has 0 amide bonds. The van der Waals surface area contributed by atoms with E-state index in [1.165, 1.54) is 7.11 Å². The summed E-state index contributed by atoms with van der Waals surface area (Å²) in [6.07, 6.45) is 1.02. The first kappa shape index (κ1) is 20.6. The van der Waals surface area contributed by atoms with Crippen molar-refractivity contribution in [1.82, 2.24) is 5.32 Å². The zero-order valence-electron chi connectivity index (χ0n) is 17.7. The van der Waals surface area contributed by atoms with Gasteiger partial charge in [-0.25, -0.2) is 4.79 Å². The third kappa shape index (κ3) is 3.35. The summed E-state index contributed by atoms with van der Waals surface area (Å²) in [5, 5.41) is 3.73. The maximum atomic E-state index is 13.5. The van der Waals surface area contributed by atoms with Crippen LogP contribution in [0, 0.1) is 0 Å². The molecule has 2 atom stereocenters. The summed E-state index contributed by atoms with van der Waals surface area (Å²) in [6.45, 7) is 1.92. The van der Waals surface area contributed by atoms with Crippen LogP contribution in [0.5, 0.6) is 11.5 Å². The standard InChI is InChI=1S/C25H22ClNO5/c1-13-22(25(29)30-2)23(16-10-20-21(11-17(16)26)32-12-31-20)24-18(27-13)8-15(9-19(24)28)14-6-4-3-5-7-14/h3-7,10-11,15,23,27H,8-9,12H2,1-2H3/t15-,23+/m0/s1. The monoisotopic (exact) mass is 451 g/mol. The first-order chi connectivity index (χ1) is 15.5. The van der Waals surface area contributed by atoms with Gasteiger partial charge in [-0.3, -0.25) is 4.79 Å². The van der Waals surface area contributed by atoms with Gasteiger partial charge in [-0.15, -0.1) is 0 Å². The van der Waals surface area contributed by atoms with Gasteiger partial charge in [0.1, 0.15) is 0 Å². The molecule has 0 bridgehead atoms. The topological polar surface area (TPSA) is 73.9 Å². The van der Waals surface area contributed by atoms with Crippen LogP contribution in [0.3, 0.4) is 0 Å². The van der Waals surface area contributed by atoms with Crippen molar-refractivity contribution >= 4 is 23.4 Å². The molecule has 2 aliphatic heterocycles. The quantitative estimate of drug-likeness (QED) is 0.687. The summed E-state index contributed by atoms with van der Waals surface area (Å²) < 4.78 is 16.0. The molecule has 0 fully saturated rings. The maximum Gasteiger partial charge on any atom is 0.336 e. The molecule has 2 aromatic carbocycles. The maximum absolute atomic E-state index is 13.5. The summed E-state index contributed by atoms with van der Waals surface area (Å²) in [7, 11) is 1.33. The van der Waals surface area contributed by atoms with Gasteiger partial charge in [-0.1, -0.05) is 41.9 Å². The van der Waals surface area contributed by atoms with Crippen LogP contribution in [0.4, 0.5) is 0 Å². The molecule has 0 unspecified atom stereocenters. The Morgan fingerprint density at radius 3 is 2.56 bits per heavy atom. The number of benzene rings is 2. The number of carbonyl (C=O) groups excluding carboxylic acids is 2. The van der Waals surface area contributed by atoms with Crippen LogP contribution >= 0.6 is 11.6 Å². The third-order valence-corrected chi connectivity index (χ3v) is 6.63. The Kier molecular flexibility index (Phi) is 5.18. The minimum atomic E-state index is -0.648. The summed E-state index contributed by atoms with van der Waals surface area (Å²) in [5.74, 6) is -0.0163. The van der Waals surface area contributed by atoms with Crippen molar-refractivity contribution in [2.75, 3.05) is 13.9 Å². The highest BCUT2D eigenvalue weighted by molar-refractivity contribution is 6.32. The van der Waals surface area contributed by atoms with Gasteiger partial charge in [0, 0.05) is 40.4 Å². The van der Waals surface area contributed by atoms with Crippen molar-refractivity contribution in [1.29, 1.82) is 0 Å². The number of ether oxygens (including phenoxy) is 3. The second kappa shape index (κ2) is 8.02. The molecule has 0 spiro atoms. The number of esters is 1. The number of rotatable bonds is 3. The van der Waals surface area contributed by atoms with Gasteiger partial charge in [-0.05, 0) is 36.5 Å². The van der Waals surface area contributed by atoms with Gasteiger partial charge in [0.15, 0.2) is 17.3 Å². The Hall–Kier alpha value is -3.25. The largest absolute Gasteiger partial charge is 0.466 e. The van der Waals surface area contributed by atoms with Gasteiger partial charge in [0.25, 0.3) is 0 Å². The number of fused-ring (bicyclic) bond motifs is 1. The van der Waals surface area contributed by atoms with Crippen molar-refractivity contribution < 1.29 is 23.8 Å². The van der Waals surface area contributed by atoms with Crippen LogP contribution in [0.1, 0.15) is 42.7 Å². The highest BCUT2D eigenvalue weighted by Crippen LogP contribution is 2.49. The highest BCUT2D eigenvalue weighted by atomic mass is 35.5. The van der Waals surface area contributed by atoms with E-state index in [4.69, 9.17) is 25.8 Å². The van der Waals surface area contributed by atoms with Gasteiger partial charge in [0.05, 0.1) is 12.7 Å². The molecule has 164 valence electrons. The van der Waals surface area contributed by atoms with Crippen LogP contribution in [0.2, 0.25) is 5.02 Å². The Morgan fingerprint density at radius 1 is 1.12 bits per heavy atom. The Bertz CT molecular complexity index is 1180. The van der Waals surface area contributed by atoms with E-state index in [9.17, 15) is 9.59 Å². The lowest BCUT2D eigenvalue weighted by atomic mass is 9.71. The molecule has 32 heavy (non-hydrogen) atoms. The van der Waals surface area contributed by atoms with E-state index in [1.807, 2.05) is 37.3 Å². The van der Waals surface area contributed by atoms with E-state index in [1.54, 1.807) is 12.1 Å². The minimum absolute atomic E-state index is 0.0137. The second-order valence-corrected chi connectivity index (χ2v) is 8.55. The predicted octanol–water partition coefficient (Wildman–Crippen LogP) is 4.60. The molecule has 0 radical (unpaired) electrons. The number of Topliss-reactive ketones (excluding diaryl/α,β-unsaturated/α-hetero) is 1. The lowest BCUT2D eigenvalue weighted by Crippen LogP contribution is -2.36. The van der Waals surface area contributed by atoms with E-state index in [-0.39, 0.29) is 18.5 Å². The number of methoxy groups -OCH3 is 1. The number of dihydropyridines is 1. The first-order valence-corrected chi connectivity index (χ1v) is 10.8. The Labute approximate surface area is 190 Å². The number of nitrogens with one attached hydrogen (secondary N) is 1. The number of carbonyl (C=O) groups is 2. The summed E-state index contributed by atoms with van der Waals surface area (Å²) in [5.41, 5.74) is 4.14. The molecule has 0 saturated heterocycles. The van der Waals surface area contributed by atoms with Crippen LogP contribution in [0.25, 0.3) is 0 Å². The number of allylic oxidation sites excluding steroid dienone is 3. The molecular weight excluding hydrogens is 430 g/mol. The smallest absolute Gasteiger partial charge is 0.336 e. The Morgan fingerprint density at radius 2 is 1.84 bits per heavy atom. The minimum Gasteiger partial charge on any atom is -0.466 e. The SMILES string of the molecule is COC(=O)C1=C(C)NC2=C(C(=O)C[C@@H](c3ccccc3)C2)[C@@H]1c1cc2c(cc1Cl)OCO2. The van der Waals surface area contributed by atoms with Crippen molar-refractivity contribution in [3.05, 3.63) is 81.2 Å². The van der Waals surface area contributed by atoms with Gasteiger partial charge in [-0.2, -0.15) is 0 Å². The molecule has 6 nitrogen and oxygen atoms in total. The van der Waals surface area contributed by atoms with Crippen molar-refractivity contribution in [2.45, 2.75) is 31.6 Å². The lowest BCUT2D eigenvalue weighted by molar-refractivity contribution is -0.136. The van der Waals surface area contributed by atoms with Crippen molar-refractivity contribution in [3.8, 4) is 11.5 Å². The fourth-order valence-electron chi connectivity index (χ4n) is 4.85. The number of hydrogen-bond acceptors (Lipinski definition) is 6. The van der Waals surface area contributed by atoms with Crippen LogP contribution in [0.15, 0.2) is 65.0 Å². The molecule has 2 aromatic rings. The van der Waals surface area contributed by atoms with Crippen molar-refractivity contribution in [3.63, 3.8) is 0 Å². The molecule has 1 aliphatic carbocycles. The van der Waals surface area contributed by atoms with Crippen LogP contribution in [-0.2, 0) is 14.3 Å². The molecule has 3 aliphatic rings. The summed E-state index contributed by atoms with van der Waals surface area (Å²) >= 11 is 6.64. The highest BCUT2D eigenvalue weighted by Gasteiger charge is 2.42. The molecular formula is C25H22ClNO5. The average molecular weight is 452 g/mol. The lowest BCUT2D eigenvalue weighted by Gasteiger charge is -2.36. The zero-order valence-corrected chi connectivity index (χ0v) is 18.5. The second-order valence-electron chi connectivity index (χ2n) is 8.15. The number of halogens is 1. The van der Waals surface area contributed by atoms with Crippen LogP contribution < -0.4 is 14.8 Å². The molecule has 0 aromatic heterocycles. The third-order valence-electron chi connectivity index (χ3n) is 6.31. The van der Waals surface area contributed by atoms with Crippen molar-refractivity contribution in [2.24, 2.45) is 0 Å². The zero-order chi connectivity index (χ0) is 22.4. The summed E-state index contributed by atoms with van der Waals surface area (Å²) in [4.78, 5) is 26.4. The fourth-order valence-corrected chi connectivity index (χ4v) is 5.11.